The quantitative estimate of drug-likeness (QED) is 0.757. The molecule has 2 aliphatic rings. The molecule has 2 amide bonds. The highest BCUT2D eigenvalue weighted by molar-refractivity contribution is 5.88. The maximum absolute atomic E-state index is 12.1. The summed E-state index contributed by atoms with van der Waals surface area (Å²) < 4.78 is 5.55. The number of carbonyl (C=O) groups is 2. The summed E-state index contributed by atoms with van der Waals surface area (Å²) in [5.74, 6) is -0.132. The van der Waals surface area contributed by atoms with Gasteiger partial charge >= 0.3 is 0 Å². The van der Waals surface area contributed by atoms with E-state index in [4.69, 9.17) is 4.74 Å². The normalized spacial score (nSPS) is 32.3. The van der Waals surface area contributed by atoms with Gasteiger partial charge in [0, 0.05) is 19.1 Å². The van der Waals surface area contributed by atoms with Crippen molar-refractivity contribution in [1.29, 1.82) is 0 Å². The fourth-order valence-electron chi connectivity index (χ4n) is 2.69. The van der Waals surface area contributed by atoms with Gasteiger partial charge < -0.3 is 15.4 Å². The molecule has 0 radical (unpaired) electrons. The zero-order valence-electron chi connectivity index (χ0n) is 12.4. The minimum absolute atomic E-state index is 0.0563. The van der Waals surface area contributed by atoms with Crippen LogP contribution in [0.15, 0.2) is 0 Å². The van der Waals surface area contributed by atoms with Crippen molar-refractivity contribution >= 4 is 11.8 Å². The van der Waals surface area contributed by atoms with Gasteiger partial charge in [0.1, 0.15) is 6.04 Å². The number of nitrogens with zero attached hydrogens (tertiary/aromatic N) is 1. The molecule has 0 aliphatic carbocycles. The molecule has 3 unspecified atom stereocenters. The number of carbonyl (C=O) groups excluding carboxylic acids is 2. The molecular formula is C14H25N3O3. The van der Waals surface area contributed by atoms with Gasteiger partial charge in [-0.3, -0.25) is 14.5 Å². The molecular weight excluding hydrogens is 258 g/mol. The number of morpholine rings is 1. The number of hydrogen-bond acceptors (Lipinski definition) is 4. The van der Waals surface area contributed by atoms with Crippen molar-refractivity contribution < 1.29 is 14.3 Å². The molecule has 2 rings (SSSR count). The lowest BCUT2D eigenvalue weighted by Gasteiger charge is -2.36. The Morgan fingerprint density at radius 1 is 1.45 bits per heavy atom. The van der Waals surface area contributed by atoms with Crippen LogP contribution in [0.5, 0.6) is 0 Å². The summed E-state index contributed by atoms with van der Waals surface area (Å²) in [6, 6.07) is -0.140. The first kappa shape index (κ1) is 15.3. The Morgan fingerprint density at radius 2 is 2.25 bits per heavy atom. The van der Waals surface area contributed by atoms with E-state index in [1.54, 1.807) is 0 Å². The SMILES string of the molecule is CC1CN(CC(=O)NC2CCCCNC2=O)C(C)CO1. The molecule has 0 saturated carbocycles. The van der Waals surface area contributed by atoms with Crippen LogP contribution in [-0.2, 0) is 14.3 Å². The highest BCUT2D eigenvalue weighted by Crippen LogP contribution is 2.11. The van der Waals surface area contributed by atoms with Crippen LogP contribution in [0.2, 0.25) is 0 Å². The van der Waals surface area contributed by atoms with E-state index >= 15 is 0 Å². The van der Waals surface area contributed by atoms with Crippen molar-refractivity contribution in [3.63, 3.8) is 0 Å². The first-order valence-electron chi connectivity index (χ1n) is 7.49. The number of rotatable bonds is 3. The van der Waals surface area contributed by atoms with E-state index in [-0.39, 0.29) is 30.0 Å². The van der Waals surface area contributed by atoms with Crippen molar-refractivity contribution in [3.05, 3.63) is 0 Å². The number of amides is 2. The minimum Gasteiger partial charge on any atom is -0.376 e. The molecule has 2 N–H and O–H groups in total. The molecule has 0 spiro atoms. The van der Waals surface area contributed by atoms with Gasteiger partial charge in [-0.15, -0.1) is 0 Å². The number of hydrogen-bond donors (Lipinski definition) is 2. The summed E-state index contributed by atoms with van der Waals surface area (Å²) in [7, 11) is 0. The van der Waals surface area contributed by atoms with Gasteiger partial charge in [0.2, 0.25) is 11.8 Å². The largest absolute Gasteiger partial charge is 0.376 e. The van der Waals surface area contributed by atoms with Gasteiger partial charge in [0.05, 0.1) is 19.3 Å². The van der Waals surface area contributed by atoms with Crippen LogP contribution in [0.1, 0.15) is 33.1 Å². The molecule has 0 aromatic carbocycles. The van der Waals surface area contributed by atoms with E-state index in [1.807, 2.05) is 6.92 Å². The van der Waals surface area contributed by atoms with Gasteiger partial charge in [-0.05, 0) is 33.1 Å². The fourth-order valence-corrected chi connectivity index (χ4v) is 2.69. The summed E-state index contributed by atoms with van der Waals surface area (Å²) in [5, 5.41) is 5.69. The maximum Gasteiger partial charge on any atom is 0.242 e. The van der Waals surface area contributed by atoms with Gasteiger partial charge in [0.15, 0.2) is 0 Å². The first-order chi connectivity index (χ1) is 9.56. The number of nitrogens with one attached hydrogen (secondary N) is 2. The van der Waals surface area contributed by atoms with Crippen molar-refractivity contribution in [2.24, 2.45) is 0 Å². The lowest BCUT2D eigenvalue weighted by atomic mass is 10.1. The van der Waals surface area contributed by atoms with E-state index in [1.165, 1.54) is 0 Å². The van der Waals surface area contributed by atoms with Crippen LogP contribution in [0.3, 0.4) is 0 Å². The van der Waals surface area contributed by atoms with E-state index in [0.29, 0.717) is 19.7 Å². The summed E-state index contributed by atoms with van der Waals surface area (Å²) in [6.45, 7) is 6.51. The van der Waals surface area contributed by atoms with E-state index < -0.39 is 0 Å². The van der Waals surface area contributed by atoms with Crippen LogP contribution in [0, 0.1) is 0 Å². The van der Waals surface area contributed by atoms with E-state index in [0.717, 1.165) is 25.8 Å². The second-order valence-electron chi connectivity index (χ2n) is 5.83. The predicted molar refractivity (Wildman–Crippen MR) is 75.2 cm³/mol. The molecule has 6 heteroatoms. The highest BCUT2D eigenvalue weighted by Gasteiger charge is 2.27. The Hall–Kier alpha value is -1.14. The van der Waals surface area contributed by atoms with Crippen LogP contribution in [0.4, 0.5) is 0 Å². The molecule has 3 atom stereocenters. The number of ether oxygens (including phenoxy) is 1. The average Bonchev–Trinajstić information content (AvgIpc) is 2.59. The fraction of sp³-hybridized carbons (Fsp3) is 0.857. The van der Waals surface area contributed by atoms with Gasteiger partial charge in [-0.2, -0.15) is 0 Å². The zero-order valence-corrected chi connectivity index (χ0v) is 12.4. The Bertz CT molecular complexity index is 362. The van der Waals surface area contributed by atoms with Crippen LogP contribution < -0.4 is 10.6 Å². The summed E-state index contributed by atoms with van der Waals surface area (Å²) in [6.07, 6.45) is 2.83. The minimum atomic E-state index is -0.376. The van der Waals surface area contributed by atoms with Crippen molar-refractivity contribution in [2.75, 3.05) is 26.2 Å². The molecule has 0 bridgehead atoms. The van der Waals surface area contributed by atoms with Crippen molar-refractivity contribution in [3.8, 4) is 0 Å². The average molecular weight is 283 g/mol. The van der Waals surface area contributed by atoms with Gasteiger partial charge in [-0.25, -0.2) is 0 Å². The Labute approximate surface area is 120 Å². The Balaban J connectivity index is 1.83. The Kier molecular flexibility index (Phi) is 5.37. The van der Waals surface area contributed by atoms with Crippen LogP contribution in [0.25, 0.3) is 0 Å². The summed E-state index contributed by atoms with van der Waals surface area (Å²) in [5.41, 5.74) is 0. The second kappa shape index (κ2) is 7.04. The van der Waals surface area contributed by atoms with Gasteiger partial charge in [-0.1, -0.05) is 0 Å². The molecule has 114 valence electrons. The molecule has 2 aliphatic heterocycles. The zero-order chi connectivity index (χ0) is 14.5. The van der Waals surface area contributed by atoms with Crippen LogP contribution in [-0.4, -0.2) is 61.1 Å². The van der Waals surface area contributed by atoms with Gasteiger partial charge in [0.25, 0.3) is 0 Å². The molecule has 2 fully saturated rings. The topological polar surface area (TPSA) is 70.7 Å². The standard InChI is InChI=1S/C14H25N3O3/c1-10-9-20-11(2)7-17(10)8-13(18)16-12-5-3-4-6-15-14(12)19/h10-12H,3-9H2,1-2H3,(H,15,19)(H,16,18). The highest BCUT2D eigenvalue weighted by atomic mass is 16.5. The molecule has 2 saturated heterocycles. The van der Waals surface area contributed by atoms with E-state index in [2.05, 4.69) is 22.5 Å². The molecule has 6 nitrogen and oxygen atoms in total. The summed E-state index contributed by atoms with van der Waals surface area (Å²) in [4.78, 5) is 26.0. The van der Waals surface area contributed by atoms with Crippen molar-refractivity contribution in [2.45, 2.75) is 51.3 Å². The lowest BCUT2D eigenvalue weighted by molar-refractivity contribution is -0.131. The van der Waals surface area contributed by atoms with Crippen molar-refractivity contribution in [1.82, 2.24) is 15.5 Å². The molecule has 2 heterocycles. The molecule has 0 aromatic rings. The molecule has 20 heavy (non-hydrogen) atoms. The third-order valence-electron chi connectivity index (χ3n) is 3.95. The Morgan fingerprint density at radius 3 is 3.05 bits per heavy atom. The lowest BCUT2D eigenvalue weighted by Crippen LogP contribution is -2.53. The third-order valence-corrected chi connectivity index (χ3v) is 3.95. The third kappa shape index (κ3) is 4.18. The van der Waals surface area contributed by atoms with Crippen LogP contribution >= 0.6 is 0 Å². The van der Waals surface area contributed by atoms with E-state index in [9.17, 15) is 9.59 Å². The molecule has 0 aromatic heterocycles. The maximum atomic E-state index is 12.1. The second-order valence-corrected chi connectivity index (χ2v) is 5.83. The monoisotopic (exact) mass is 283 g/mol. The summed E-state index contributed by atoms with van der Waals surface area (Å²) >= 11 is 0. The first-order valence-corrected chi connectivity index (χ1v) is 7.49. The smallest absolute Gasteiger partial charge is 0.242 e. The predicted octanol–water partition coefficient (Wildman–Crippen LogP) is -0.119.